The summed E-state index contributed by atoms with van der Waals surface area (Å²) in [5.74, 6) is -1.48. The lowest BCUT2D eigenvalue weighted by Gasteiger charge is -2.10. The van der Waals surface area contributed by atoms with Crippen LogP contribution in [0.3, 0.4) is 0 Å². The standard InChI is InChI=1S/C13H7ClF3N3O4/c1-6-11(19-10(5-18-6)13(15,16)17)12(21)24-9-3-2-7(20(22)23)4-8(9)14/h2-5H,1H3. The molecule has 126 valence electrons. The summed E-state index contributed by atoms with van der Waals surface area (Å²) in [6, 6.07) is 3.02. The number of benzene rings is 1. The second kappa shape index (κ2) is 6.40. The molecule has 1 aromatic heterocycles. The normalized spacial score (nSPS) is 11.2. The Morgan fingerprint density at radius 2 is 2.04 bits per heavy atom. The van der Waals surface area contributed by atoms with Crippen molar-refractivity contribution in [3.05, 3.63) is 56.6 Å². The maximum Gasteiger partial charge on any atom is 0.434 e. The third-order valence-corrected chi connectivity index (χ3v) is 3.06. The van der Waals surface area contributed by atoms with E-state index in [0.29, 0.717) is 6.20 Å². The molecule has 24 heavy (non-hydrogen) atoms. The fourth-order valence-electron chi connectivity index (χ4n) is 1.61. The average Bonchev–Trinajstić information content (AvgIpc) is 2.48. The first-order chi connectivity index (χ1) is 11.1. The van der Waals surface area contributed by atoms with Crippen LogP contribution in [0.5, 0.6) is 5.75 Å². The number of halogens is 4. The smallest absolute Gasteiger partial charge is 0.420 e. The van der Waals surface area contributed by atoms with E-state index in [1.807, 2.05) is 0 Å². The summed E-state index contributed by atoms with van der Waals surface area (Å²) in [5, 5.41) is 10.3. The number of nitrogens with zero attached hydrogens (tertiary/aromatic N) is 3. The third-order valence-electron chi connectivity index (χ3n) is 2.77. The van der Waals surface area contributed by atoms with E-state index in [4.69, 9.17) is 16.3 Å². The van der Waals surface area contributed by atoms with Gasteiger partial charge in [0.05, 0.1) is 21.8 Å². The Labute approximate surface area is 137 Å². The summed E-state index contributed by atoms with van der Waals surface area (Å²) in [4.78, 5) is 28.6. The lowest BCUT2D eigenvalue weighted by Crippen LogP contribution is -2.18. The van der Waals surface area contributed by atoms with Crippen molar-refractivity contribution in [1.82, 2.24) is 9.97 Å². The minimum absolute atomic E-state index is 0.0777. The fourth-order valence-corrected chi connectivity index (χ4v) is 1.83. The van der Waals surface area contributed by atoms with Gasteiger partial charge >= 0.3 is 12.1 Å². The van der Waals surface area contributed by atoms with Gasteiger partial charge in [-0.3, -0.25) is 15.1 Å². The molecule has 0 aliphatic rings. The molecule has 0 unspecified atom stereocenters. The zero-order valence-electron chi connectivity index (χ0n) is 11.8. The van der Waals surface area contributed by atoms with Crippen LogP contribution in [0.2, 0.25) is 5.02 Å². The number of carbonyl (C=O) groups excluding carboxylic acids is 1. The highest BCUT2D eigenvalue weighted by Crippen LogP contribution is 2.30. The Morgan fingerprint density at radius 3 is 2.58 bits per heavy atom. The van der Waals surface area contributed by atoms with Crippen LogP contribution in [0.15, 0.2) is 24.4 Å². The predicted molar refractivity (Wildman–Crippen MR) is 74.8 cm³/mol. The Kier molecular flexibility index (Phi) is 4.69. The molecule has 0 aliphatic heterocycles. The van der Waals surface area contributed by atoms with Crippen molar-refractivity contribution in [2.45, 2.75) is 13.1 Å². The number of carbonyl (C=O) groups is 1. The van der Waals surface area contributed by atoms with Gasteiger partial charge in [-0.15, -0.1) is 0 Å². The topological polar surface area (TPSA) is 95.2 Å². The number of hydrogen-bond acceptors (Lipinski definition) is 6. The van der Waals surface area contributed by atoms with E-state index in [-0.39, 0.29) is 22.2 Å². The molecule has 0 aliphatic carbocycles. The summed E-state index contributed by atoms with van der Waals surface area (Å²) in [6.07, 6.45) is -4.29. The number of aryl methyl sites for hydroxylation is 1. The van der Waals surface area contributed by atoms with E-state index in [1.54, 1.807) is 0 Å². The van der Waals surface area contributed by atoms with Crippen molar-refractivity contribution >= 4 is 23.3 Å². The highest BCUT2D eigenvalue weighted by Gasteiger charge is 2.34. The van der Waals surface area contributed by atoms with Crippen molar-refractivity contribution in [3.8, 4) is 5.75 Å². The summed E-state index contributed by atoms with van der Waals surface area (Å²) in [7, 11) is 0. The fraction of sp³-hybridized carbons (Fsp3) is 0.154. The zero-order valence-corrected chi connectivity index (χ0v) is 12.6. The van der Waals surface area contributed by atoms with Crippen molar-refractivity contribution in [3.63, 3.8) is 0 Å². The highest BCUT2D eigenvalue weighted by molar-refractivity contribution is 6.32. The summed E-state index contributed by atoms with van der Waals surface area (Å²) < 4.78 is 42.8. The van der Waals surface area contributed by atoms with E-state index in [9.17, 15) is 28.1 Å². The second-order valence-electron chi connectivity index (χ2n) is 4.45. The summed E-state index contributed by atoms with van der Waals surface area (Å²) in [5.41, 5.74) is -2.41. The molecule has 1 heterocycles. The highest BCUT2D eigenvalue weighted by atomic mass is 35.5. The van der Waals surface area contributed by atoms with Gasteiger partial charge in [-0.05, 0) is 13.0 Å². The van der Waals surface area contributed by atoms with Crippen LogP contribution >= 0.6 is 11.6 Å². The summed E-state index contributed by atoms with van der Waals surface area (Å²) >= 11 is 5.75. The number of non-ortho nitro benzene ring substituents is 1. The minimum Gasteiger partial charge on any atom is -0.420 e. The molecule has 0 N–H and O–H groups in total. The van der Waals surface area contributed by atoms with Crippen LogP contribution in [0.25, 0.3) is 0 Å². The molecule has 0 bridgehead atoms. The average molecular weight is 362 g/mol. The lowest BCUT2D eigenvalue weighted by molar-refractivity contribution is -0.384. The molecule has 0 fully saturated rings. The second-order valence-corrected chi connectivity index (χ2v) is 4.86. The molecule has 0 amide bonds. The Balaban J connectivity index is 2.32. The number of nitro benzene ring substituents is 1. The maximum atomic E-state index is 12.6. The van der Waals surface area contributed by atoms with E-state index in [2.05, 4.69) is 9.97 Å². The molecule has 7 nitrogen and oxygen atoms in total. The molecule has 2 aromatic rings. The number of nitro groups is 1. The maximum absolute atomic E-state index is 12.6. The van der Waals surface area contributed by atoms with E-state index in [0.717, 1.165) is 18.2 Å². The molecule has 0 saturated heterocycles. The van der Waals surface area contributed by atoms with Crippen molar-refractivity contribution < 1.29 is 27.6 Å². The number of aromatic nitrogens is 2. The summed E-state index contributed by atoms with van der Waals surface area (Å²) in [6.45, 7) is 1.28. The molecule has 0 spiro atoms. The third kappa shape index (κ3) is 3.77. The van der Waals surface area contributed by atoms with Crippen LogP contribution in [0.1, 0.15) is 21.9 Å². The first kappa shape index (κ1) is 17.6. The quantitative estimate of drug-likeness (QED) is 0.359. The molecular formula is C13H7ClF3N3O4. The Morgan fingerprint density at radius 1 is 1.38 bits per heavy atom. The number of rotatable bonds is 3. The number of ether oxygens (including phenoxy) is 1. The SMILES string of the molecule is Cc1ncc(C(F)(F)F)nc1C(=O)Oc1ccc([N+](=O)[O-])cc1Cl. The molecule has 0 saturated carbocycles. The number of esters is 1. The first-order valence-corrected chi connectivity index (χ1v) is 6.54. The van der Waals surface area contributed by atoms with Gasteiger partial charge in [0.2, 0.25) is 0 Å². The lowest BCUT2D eigenvalue weighted by atomic mass is 10.3. The number of hydrogen-bond donors (Lipinski definition) is 0. The predicted octanol–water partition coefficient (Wildman–Crippen LogP) is 3.58. The van der Waals surface area contributed by atoms with Gasteiger partial charge in [0.15, 0.2) is 11.4 Å². The zero-order chi connectivity index (χ0) is 18.1. The molecule has 1 aromatic carbocycles. The van der Waals surface area contributed by atoms with Gasteiger partial charge in [-0.2, -0.15) is 13.2 Å². The van der Waals surface area contributed by atoms with Gasteiger partial charge in [0, 0.05) is 12.1 Å². The van der Waals surface area contributed by atoms with Crippen LogP contribution < -0.4 is 4.74 Å². The van der Waals surface area contributed by atoms with E-state index < -0.39 is 28.5 Å². The van der Waals surface area contributed by atoms with Crippen LogP contribution in [-0.2, 0) is 6.18 Å². The Bertz CT molecular complexity index is 827. The molecule has 0 atom stereocenters. The Hall–Kier alpha value is -2.75. The van der Waals surface area contributed by atoms with Gasteiger partial charge in [-0.1, -0.05) is 11.6 Å². The van der Waals surface area contributed by atoms with E-state index in [1.165, 1.54) is 6.92 Å². The van der Waals surface area contributed by atoms with Gasteiger partial charge in [0.25, 0.3) is 5.69 Å². The first-order valence-electron chi connectivity index (χ1n) is 6.16. The van der Waals surface area contributed by atoms with Crippen LogP contribution in [-0.4, -0.2) is 20.9 Å². The number of alkyl halides is 3. The molecule has 11 heteroatoms. The van der Waals surface area contributed by atoms with Gasteiger partial charge in [0.1, 0.15) is 5.75 Å². The molecule has 2 rings (SSSR count). The minimum atomic E-state index is -4.78. The van der Waals surface area contributed by atoms with Crippen LogP contribution in [0.4, 0.5) is 18.9 Å². The monoisotopic (exact) mass is 361 g/mol. The van der Waals surface area contributed by atoms with Gasteiger partial charge in [-0.25, -0.2) is 9.78 Å². The van der Waals surface area contributed by atoms with Crippen molar-refractivity contribution in [2.24, 2.45) is 0 Å². The largest absolute Gasteiger partial charge is 0.434 e. The van der Waals surface area contributed by atoms with Crippen molar-refractivity contribution in [2.75, 3.05) is 0 Å². The van der Waals surface area contributed by atoms with Crippen molar-refractivity contribution in [1.29, 1.82) is 0 Å². The van der Waals surface area contributed by atoms with Crippen LogP contribution in [0, 0.1) is 17.0 Å². The van der Waals surface area contributed by atoms with E-state index >= 15 is 0 Å². The molecular weight excluding hydrogens is 355 g/mol. The molecule has 0 radical (unpaired) electrons. The van der Waals surface area contributed by atoms with Gasteiger partial charge < -0.3 is 4.74 Å².